The molecular formula is C8H10F3NO2S2. The summed E-state index contributed by atoms with van der Waals surface area (Å²) in [5.74, 6) is -0.0599. The van der Waals surface area contributed by atoms with Crippen LogP contribution < -0.4 is 15.2 Å². The average molecular weight is 273 g/mol. The molecule has 0 saturated carbocycles. The monoisotopic (exact) mass is 273 g/mol. The van der Waals surface area contributed by atoms with Gasteiger partial charge in [-0.25, -0.2) is 0 Å². The van der Waals surface area contributed by atoms with Crippen molar-refractivity contribution in [2.45, 2.75) is 6.36 Å². The Bertz CT molecular complexity index is 334. The summed E-state index contributed by atoms with van der Waals surface area (Å²) in [6, 6.07) is 3.48. The number of alkyl halides is 3. The van der Waals surface area contributed by atoms with Crippen molar-refractivity contribution in [1.29, 1.82) is 0 Å². The number of benzene rings is 1. The molecule has 0 aromatic heterocycles. The van der Waals surface area contributed by atoms with Crippen molar-refractivity contribution >= 4 is 29.0 Å². The van der Waals surface area contributed by atoms with E-state index in [9.17, 15) is 13.2 Å². The molecule has 0 radical (unpaired) electrons. The number of hydrogen-bond donors (Lipinski definition) is 3. The molecule has 0 fully saturated rings. The molecule has 0 aliphatic carbocycles. The van der Waals surface area contributed by atoms with Gasteiger partial charge in [-0.3, -0.25) is 0 Å². The normalized spacial score (nSPS) is 10.1. The van der Waals surface area contributed by atoms with Crippen LogP contribution in [0.5, 0.6) is 11.5 Å². The Morgan fingerprint density at radius 2 is 1.81 bits per heavy atom. The molecule has 1 rings (SSSR count). The highest BCUT2D eigenvalue weighted by Crippen LogP contribution is 2.29. The fourth-order valence-electron chi connectivity index (χ4n) is 0.910. The van der Waals surface area contributed by atoms with Gasteiger partial charge < -0.3 is 15.2 Å². The standard InChI is InChI=1S/C8H8F3NO2.H2S2/c1-13-7-3-2-5(4-6(7)12)14-8(9,10)11;1-2/h2-4H,12H2,1H3;1-2H. The highest BCUT2D eigenvalue weighted by atomic mass is 33.1. The van der Waals surface area contributed by atoms with E-state index >= 15 is 0 Å². The Morgan fingerprint density at radius 1 is 1.25 bits per heavy atom. The maximum atomic E-state index is 11.8. The van der Waals surface area contributed by atoms with Crippen LogP contribution in [0.25, 0.3) is 0 Å². The first-order chi connectivity index (χ1) is 7.42. The van der Waals surface area contributed by atoms with Crippen LogP contribution in [-0.4, -0.2) is 13.5 Å². The number of ether oxygens (including phenoxy) is 2. The molecule has 0 bridgehead atoms. The summed E-state index contributed by atoms with van der Waals surface area (Å²) < 4.78 is 43.7. The second kappa shape index (κ2) is 6.64. The minimum Gasteiger partial charge on any atom is -0.495 e. The molecule has 1 aromatic rings. The molecule has 2 N–H and O–H groups in total. The second-order valence-corrected chi connectivity index (χ2v) is 2.45. The quantitative estimate of drug-likeness (QED) is 0.441. The zero-order chi connectivity index (χ0) is 12.8. The smallest absolute Gasteiger partial charge is 0.495 e. The van der Waals surface area contributed by atoms with E-state index in [0.717, 1.165) is 12.1 Å². The lowest BCUT2D eigenvalue weighted by Gasteiger charge is -2.10. The lowest BCUT2D eigenvalue weighted by molar-refractivity contribution is -0.274. The Morgan fingerprint density at radius 3 is 2.19 bits per heavy atom. The van der Waals surface area contributed by atoms with Gasteiger partial charge in [-0.15, -0.1) is 36.5 Å². The molecule has 0 aliphatic heterocycles. The summed E-state index contributed by atoms with van der Waals surface area (Å²) in [6.07, 6.45) is -4.71. The molecule has 0 saturated heterocycles. The first-order valence-corrected chi connectivity index (χ1v) is 5.41. The topological polar surface area (TPSA) is 44.5 Å². The van der Waals surface area contributed by atoms with Crippen molar-refractivity contribution in [3.8, 4) is 11.5 Å². The fraction of sp³-hybridized carbons (Fsp3) is 0.250. The summed E-state index contributed by atoms with van der Waals surface area (Å²) in [5.41, 5.74) is 5.47. The maximum absolute atomic E-state index is 11.8. The van der Waals surface area contributed by atoms with E-state index < -0.39 is 6.36 Å². The van der Waals surface area contributed by atoms with Gasteiger partial charge in [0.05, 0.1) is 12.8 Å². The average Bonchev–Trinajstić information content (AvgIpc) is 2.18. The third-order valence-electron chi connectivity index (χ3n) is 1.43. The van der Waals surface area contributed by atoms with Gasteiger partial charge in [0, 0.05) is 6.07 Å². The lowest BCUT2D eigenvalue weighted by Crippen LogP contribution is -2.17. The predicted octanol–water partition coefficient (Wildman–Crippen LogP) is 2.94. The van der Waals surface area contributed by atoms with Crippen LogP contribution in [-0.2, 0) is 0 Å². The number of nitrogens with two attached hydrogens (primary N) is 1. The maximum Gasteiger partial charge on any atom is 0.573 e. The van der Waals surface area contributed by atoms with Gasteiger partial charge >= 0.3 is 6.36 Å². The molecule has 92 valence electrons. The van der Waals surface area contributed by atoms with Gasteiger partial charge in [0.1, 0.15) is 11.5 Å². The molecule has 8 heteroatoms. The van der Waals surface area contributed by atoms with E-state index in [0.29, 0.717) is 5.75 Å². The summed E-state index contributed by atoms with van der Waals surface area (Å²) in [5, 5.41) is 0. The molecule has 3 nitrogen and oxygen atoms in total. The van der Waals surface area contributed by atoms with E-state index in [1.807, 2.05) is 0 Å². The van der Waals surface area contributed by atoms with Crippen molar-refractivity contribution in [3.05, 3.63) is 18.2 Å². The Balaban J connectivity index is 0.00000106. The van der Waals surface area contributed by atoms with E-state index in [-0.39, 0.29) is 11.4 Å². The van der Waals surface area contributed by atoms with Gasteiger partial charge in [-0.1, -0.05) is 0 Å². The highest BCUT2D eigenvalue weighted by Gasteiger charge is 2.31. The van der Waals surface area contributed by atoms with Crippen LogP contribution in [0, 0.1) is 0 Å². The zero-order valence-electron chi connectivity index (χ0n) is 8.15. The number of methoxy groups -OCH3 is 1. The molecule has 1 aromatic carbocycles. The number of halogens is 3. The van der Waals surface area contributed by atoms with Gasteiger partial charge in [-0.2, -0.15) is 0 Å². The van der Waals surface area contributed by atoms with Crippen LogP contribution in [0.3, 0.4) is 0 Å². The van der Waals surface area contributed by atoms with Gasteiger partial charge in [0.2, 0.25) is 0 Å². The fourth-order valence-corrected chi connectivity index (χ4v) is 0.910. The Labute approximate surface area is 101 Å². The lowest BCUT2D eigenvalue weighted by atomic mass is 10.3. The van der Waals surface area contributed by atoms with Crippen LogP contribution >= 0.6 is 23.3 Å². The largest absolute Gasteiger partial charge is 0.573 e. The Kier molecular flexibility index (Phi) is 6.27. The molecule has 0 unspecified atom stereocenters. The number of anilines is 1. The summed E-state index contributed by atoms with van der Waals surface area (Å²) in [7, 11) is 1.37. The first-order valence-electron chi connectivity index (χ1n) is 3.81. The number of thiol groups is 2. The first kappa shape index (κ1) is 15.1. The Hall–Kier alpha value is -0.890. The molecule has 16 heavy (non-hydrogen) atoms. The molecule has 0 aliphatic rings. The minimum absolute atomic E-state index is 0.0919. The molecule has 0 atom stereocenters. The van der Waals surface area contributed by atoms with Gasteiger partial charge in [-0.05, 0) is 12.1 Å². The molecule has 0 amide bonds. The van der Waals surface area contributed by atoms with Crippen molar-refractivity contribution in [2.75, 3.05) is 12.8 Å². The van der Waals surface area contributed by atoms with E-state index in [1.54, 1.807) is 0 Å². The van der Waals surface area contributed by atoms with Crippen LogP contribution in [0.1, 0.15) is 0 Å². The summed E-state index contributed by atoms with van der Waals surface area (Å²) in [6.45, 7) is 0. The van der Waals surface area contributed by atoms with E-state index in [2.05, 4.69) is 28.1 Å². The number of rotatable bonds is 2. The van der Waals surface area contributed by atoms with E-state index in [4.69, 9.17) is 10.5 Å². The third-order valence-corrected chi connectivity index (χ3v) is 1.43. The van der Waals surface area contributed by atoms with Gasteiger partial charge in [0.25, 0.3) is 0 Å². The van der Waals surface area contributed by atoms with Crippen LogP contribution in [0.15, 0.2) is 18.2 Å². The molecule has 0 heterocycles. The molecular weight excluding hydrogens is 263 g/mol. The van der Waals surface area contributed by atoms with Crippen molar-refractivity contribution in [2.24, 2.45) is 0 Å². The third kappa shape index (κ3) is 5.26. The van der Waals surface area contributed by atoms with Crippen LogP contribution in [0.4, 0.5) is 18.9 Å². The summed E-state index contributed by atoms with van der Waals surface area (Å²) >= 11 is 6.44. The van der Waals surface area contributed by atoms with Crippen LogP contribution in [0.2, 0.25) is 0 Å². The minimum atomic E-state index is -4.71. The number of hydrogen-bond acceptors (Lipinski definition) is 5. The second-order valence-electron chi connectivity index (χ2n) is 2.45. The summed E-state index contributed by atoms with van der Waals surface area (Å²) in [4.78, 5) is 0. The zero-order valence-corrected chi connectivity index (χ0v) is 9.94. The number of nitrogen functional groups attached to an aromatic ring is 1. The van der Waals surface area contributed by atoms with E-state index in [1.165, 1.54) is 13.2 Å². The van der Waals surface area contributed by atoms with Crippen molar-refractivity contribution in [1.82, 2.24) is 0 Å². The predicted molar refractivity (Wildman–Crippen MR) is 62.1 cm³/mol. The van der Waals surface area contributed by atoms with Gasteiger partial charge in [0.15, 0.2) is 0 Å². The van der Waals surface area contributed by atoms with Crippen molar-refractivity contribution in [3.63, 3.8) is 0 Å². The van der Waals surface area contributed by atoms with Crippen molar-refractivity contribution < 1.29 is 22.6 Å². The molecule has 0 spiro atoms. The highest BCUT2D eigenvalue weighted by molar-refractivity contribution is 8.59. The SMILES string of the molecule is COc1ccc(OC(F)(F)F)cc1N.SS.